The van der Waals surface area contributed by atoms with Crippen molar-refractivity contribution in [3.8, 4) is 0 Å². The molecule has 0 N–H and O–H groups in total. The molecule has 0 spiro atoms. The van der Waals surface area contributed by atoms with E-state index in [1.165, 1.54) is 199 Å². The van der Waals surface area contributed by atoms with Gasteiger partial charge < -0.3 is 14.2 Å². The van der Waals surface area contributed by atoms with Gasteiger partial charge in [-0.25, -0.2) is 0 Å². The SMILES string of the molecule is CCCCCC/C=C\CCCCCCCC(=O)O[C@@H](COC(=O)CCCCCCCCCCCCCCC)COC(=O)CCCCCCCCCCCCCCCCCCC. The van der Waals surface area contributed by atoms with Crippen molar-refractivity contribution in [3.63, 3.8) is 0 Å². The quantitative estimate of drug-likeness (QED) is 0.0262. The van der Waals surface area contributed by atoms with Gasteiger partial charge in [-0.15, -0.1) is 0 Å². The molecule has 0 unspecified atom stereocenters. The molecule has 0 fully saturated rings. The maximum absolute atomic E-state index is 12.8. The molecule has 0 aromatic heterocycles. The molecule has 6 nitrogen and oxygen atoms in total. The van der Waals surface area contributed by atoms with Crippen LogP contribution < -0.4 is 0 Å². The fourth-order valence-electron chi connectivity index (χ4n) is 8.14. The molecule has 1 atom stereocenters. The molecular formula is C55H104O6. The largest absolute Gasteiger partial charge is 0.462 e. The van der Waals surface area contributed by atoms with E-state index >= 15 is 0 Å². The Morgan fingerprint density at radius 1 is 0.311 bits per heavy atom. The third kappa shape index (κ3) is 49.0. The number of carbonyl (C=O) groups excluding carboxylic acids is 3. The van der Waals surface area contributed by atoms with Crippen LogP contribution in [0.5, 0.6) is 0 Å². The van der Waals surface area contributed by atoms with Gasteiger partial charge in [0.2, 0.25) is 0 Å². The zero-order valence-corrected chi connectivity index (χ0v) is 41.2. The van der Waals surface area contributed by atoms with Gasteiger partial charge in [0.05, 0.1) is 0 Å². The summed E-state index contributed by atoms with van der Waals surface area (Å²) >= 11 is 0. The molecule has 0 saturated heterocycles. The van der Waals surface area contributed by atoms with E-state index in [1.54, 1.807) is 0 Å². The van der Waals surface area contributed by atoms with E-state index in [9.17, 15) is 14.4 Å². The summed E-state index contributed by atoms with van der Waals surface area (Å²) in [6, 6.07) is 0. The van der Waals surface area contributed by atoms with Crippen molar-refractivity contribution in [3.05, 3.63) is 12.2 Å². The predicted octanol–water partition coefficient (Wildman–Crippen LogP) is 17.8. The molecule has 0 aliphatic rings. The van der Waals surface area contributed by atoms with E-state index in [0.717, 1.165) is 64.2 Å². The molecule has 61 heavy (non-hydrogen) atoms. The number of ether oxygens (including phenoxy) is 3. The average molecular weight is 861 g/mol. The van der Waals surface area contributed by atoms with Crippen molar-refractivity contribution in [2.75, 3.05) is 13.2 Å². The monoisotopic (exact) mass is 861 g/mol. The second kappa shape index (κ2) is 50.8. The van der Waals surface area contributed by atoms with E-state index in [2.05, 4.69) is 32.9 Å². The highest BCUT2D eigenvalue weighted by atomic mass is 16.6. The van der Waals surface area contributed by atoms with Crippen LogP contribution in [0.4, 0.5) is 0 Å². The van der Waals surface area contributed by atoms with Crippen LogP contribution in [0.3, 0.4) is 0 Å². The minimum Gasteiger partial charge on any atom is -0.462 e. The zero-order valence-electron chi connectivity index (χ0n) is 41.2. The molecule has 0 heterocycles. The first kappa shape index (κ1) is 59.1. The lowest BCUT2D eigenvalue weighted by atomic mass is 10.0. The third-order valence-electron chi connectivity index (χ3n) is 12.3. The lowest BCUT2D eigenvalue weighted by Gasteiger charge is -2.18. The van der Waals surface area contributed by atoms with Crippen molar-refractivity contribution >= 4 is 17.9 Å². The van der Waals surface area contributed by atoms with E-state index in [-0.39, 0.29) is 31.1 Å². The third-order valence-corrected chi connectivity index (χ3v) is 12.3. The molecular weight excluding hydrogens is 757 g/mol. The van der Waals surface area contributed by atoms with Crippen LogP contribution in [0.25, 0.3) is 0 Å². The van der Waals surface area contributed by atoms with E-state index in [1.807, 2.05) is 0 Å². The molecule has 6 heteroatoms. The van der Waals surface area contributed by atoms with Gasteiger partial charge in [0, 0.05) is 19.3 Å². The standard InChI is InChI=1S/C55H104O6/c1-4-7-10-13-16-19-22-25-26-27-28-31-33-36-39-42-45-48-54(57)60-51-52(61-55(58)49-46-43-40-37-34-30-24-21-18-15-12-9-6-3)50-59-53(56)47-44-41-38-35-32-29-23-20-17-14-11-8-5-2/h21,24,52H,4-20,22-23,25-51H2,1-3H3/b24-21-/t52-/m0/s1. The average Bonchev–Trinajstić information content (AvgIpc) is 3.26. The first-order valence-corrected chi connectivity index (χ1v) is 27.2. The molecule has 0 aliphatic heterocycles. The summed E-state index contributed by atoms with van der Waals surface area (Å²) in [5, 5.41) is 0. The topological polar surface area (TPSA) is 78.9 Å². The van der Waals surface area contributed by atoms with Crippen LogP contribution in [0.2, 0.25) is 0 Å². The van der Waals surface area contributed by atoms with Gasteiger partial charge in [0.25, 0.3) is 0 Å². The Hall–Kier alpha value is -1.85. The summed E-state index contributed by atoms with van der Waals surface area (Å²) < 4.78 is 16.8. The lowest BCUT2D eigenvalue weighted by Crippen LogP contribution is -2.30. The Morgan fingerprint density at radius 2 is 0.541 bits per heavy atom. The Balaban J connectivity index is 4.30. The molecule has 0 saturated carbocycles. The number of hydrogen-bond donors (Lipinski definition) is 0. The smallest absolute Gasteiger partial charge is 0.306 e. The van der Waals surface area contributed by atoms with Crippen molar-refractivity contribution in [1.29, 1.82) is 0 Å². The Bertz CT molecular complexity index is 947. The highest BCUT2D eigenvalue weighted by Gasteiger charge is 2.19. The van der Waals surface area contributed by atoms with Gasteiger partial charge in [-0.05, 0) is 44.9 Å². The molecule has 0 aromatic rings. The number of rotatable bonds is 50. The molecule has 360 valence electrons. The van der Waals surface area contributed by atoms with Crippen molar-refractivity contribution in [1.82, 2.24) is 0 Å². The molecule has 0 rings (SSSR count). The maximum atomic E-state index is 12.8. The fourth-order valence-corrected chi connectivity index (χ4v) is 8.14. The summed E-state index contributed by atoms with van der Waals surface area (Å²) in [5.41, 5.74) is 0. The van der Waals surface area contributed by atoms with E-state index in [4.69, 9.17) is 14.2 Å². The second-order valence-electron chi connectivity index (χ2n) is 18.5. The van der Waals surface area contributed by atoms with Gasteiger partial charge in [0.15, 0.2) is 6.10 Å². The van der Waals surface area contributed by atoms with Crippen LogP contribution in [0.15, 0.2) is 12.2 Å². The van der Waals surface area contributed by atoms with E-state index < -0.39 is 6.10 Å². The number of carbonyl (C=O) groups is 3. The summed E-state index contributed by atoms with van der Waals surface area (Å²) in [4.78, 5) is 38.0. The first-order chi connectivity index (χ1) is 30.0. The summed E-state index contributed by atoms with van der Waals surface area (Å²) in [5.74, 6) is -0.857. The van der Waals surface area contributed by atoms with Crippen molar-refractivity contribution in [2.45, 2.75) is 309 Å². The van der Waals surface area contributed by atoms with Gasteiger partial charge in [-0.2, -0.15) is 0 Å². The first-order valence-electron chi connectivity index (χ1n) is 27.2. The van der Waals surface area contributed by atoms with E-state index in [0.29, 0.717) is 19.3 Å². The second-order valence-corrected chi connectivity index (χ2v) is 18.5. The molecule has 0 amide bonds. The van der Waals surface area contributed by atoms with Gasteiger partial charge >= 0.3 is 17.9 Å². The van der Waals surface area contributed by atoms with Crippen LogP contribution in [-0.4, -0.2) is 37.2 Å². The van der Waals surface area contributed by atoms with Crippen LogP contribution in [-0.2, 0) is 28.6 Å². The lowest BCUT2D eigenvalue weighted by molar-refractivity contribution is -0.167. The van der Waals surface area contributed by atoms with Crippen molar-refractivity contribution < 1.29 is 28.6 Å². The summed E-state index contributed by atoms with van der Waals surface area (Å²) in [6.45, 7) is 6.66. The van der Waals surface area contributed by atoms with Crippen LogP contribution in [0.1, 0.15) is 303 Å². The van der Waals surface area contributed by atoms with Gasteiger partial charge in [-0.3, -0.25) is 14.4 Å². The molecule has 0 radical (unpaired) electrons. The summed E-state index contributed by atoms with van der Waals surface area (Å²) in [6.07, 6.45) is 56.2. The minimum absolute atomic E-state index is 0.0678. The van der Waals surface area contributed by atoms with Gasteiger partial charge in [0.1, 0.15) is 13.2 Å². The fraction of sp³-hybridized carbons (Fsp3) is 0.909. The molecule has 0 aromatic carbocycles. The molecule has 0 bridgehead atoms. The summed E-state index contributed by atoms with van der Waals surface area (Å²) in [7, 11) is 0. The minimum atomic E-state index is -0.767. The molecule has 0 aliphatic carbocycles. The number of allylic oxidation sites excluding steroid dienone is 2. The number of esters is 3. The Labute approximate surface area is 380 Å². The normalized spacial score (nSPS) is 12.0. The maximum Gasteiger partial charge on any atom is 0.306 e. The Morgan fingerprint density at radius 3 is 0.836 bits per heavy atom. The zero-order chi connectivity index (χ0) is 44.4. The van der Waals surface area contributed by atoms with Crippen molar-refractivity contribution in [2.24, 2.45) is 0 Å². The Kier molecular flexibility index (Phi) is 49.3. The predicted molar refractivity (Wildman–Crippen MR) is 261 cm³/mol. The van der Waals surface area contributed by atoms with Crippen LogP contribution >= 0.6 is 0 Å². The number of hydrogen-bond acceptors (Lipinski definition) is 6. The highest BCUT2D eigenvalue weighted by molar-refractivity contribution is 5.71. The van der Waals surface area contributed by atoms with Gasteiger partial charge in [-0.1, -0.05) is 251 Å². The number of unbranched alkanes of at least 4 members (excludes halogenated alkanes) is 37. The highest BCUT2D eigenvalue weighted by Crippen LogP contribution is 2.17. The van der Waals surface area contributed by atoms with Crippen LogP contribution in [0, 0.1) is 0 Å².